The minimum atomic E-state index is 0.622. The van der Waals surface area contributed by atoms with Gasteiger partial charge in [0.25, 0.3) is 0 Å². The van der Waals surface area contributed by atoms with Crippen LogP contribution in [0.25, 0.3) is 0 Å². The summed E-state index contributed by atoms with van der Waals surface area (Å²) in [5.74, 6) is 0.851. The summed E-state index contributed by atoms with van der Waals surface area (Å²) in [5.41, 5.74) is 0. The number of piperidine rings is 1. The van der Waals surface area contributed by atoms with E-state index in [1.807, 2.05) is 0 Å². The summed E-state index contributed by atoms with van der Waals surface area (Å²) < 4.78 is 5.29. The maximum Gasteiger partial charge on any atom is 0.0649 e. The van der Waals surface area contributed by atoms with Gasteiger partial charge in [0.15, 0.2) is 0 Å². The SMILES string of the molecule is C1CC2OCC2CN1. The molecule has 2 aliphatic rings. The van der Waals surface area contributed by atoms with Crippen molar-refractivity contribution in [1.29, 1.82) is 0 Å². The zero-order valence-electron chi connectivity index (χ0n) is 4.89. The molecule has 0 bridgehead atoms. The third-order valence-electron chi connectivity index (χ3n) is 2.06. The van der Waals surface area contributed by atoms with Crippen LogP contribution in [0.5, 0.6) is 0 Å². The molecule has 2 unspecified atom stereocenters. The van der Waals surface area contributed by atoms with Crippen LogP contribution in [0.15, 0.2) is 0 Å². The van der Waals surface area contributed by atoms with Crippen LogP contribution < -0.4 is 5.32 Å². The topological polar surface area (TPSA) is 21.3 Å². The van der Waals surface area contributed by atoms with Crippen LogP contribution in [0, 0.1) is 5.92 Å². The van der Waals surface area contributed by atoms with Crippen LogP contribution in [0.2, 0.25) is 0 Å². The highest BCUT2D eigenvalue weighted by molar-refractivity contribution is 4.84. The molecule has 0 aliphatic carbocycles. The molecule has 2 rings (SSSR count). The number of nitrogens with one attached hydrogen (secondary N) is 1. The molecule has 2 fully saturated rings. The Morgan fingerprint density at radius 1 is 1.50 bits per heavy atom. The first kappa shape index (κ1) is 4.77. The van der Waals surface area contributed by atoms with E-state index >= 15 is 0 Å². The van der Waals surface area contributed by atoms with Crippen molar-refractivity contribution in [3.8, 4) is 0 Å². The highest BCUT2D eigenvalue weighted by Crippen LogP contribution is 2.24. The van der Waals surface area contributed by atoms with Crippen LogP contribution in [0.3, 0.4) is 0 Å². The van der Waals surface area contributed by atoms with Gasteiger partial charge in [-0.25, -0.2) is 0 Å². The van der Waals surface area contributed by atoms with Crippen molar-refractivity contribution < 1.29 is 4.74 Å². The van der Waals surface area contributed by atoms with E-state index in [2.05, 4.69) is 5.32 Å². The second kappa shape index (κ2) is 1.71. The second-order valence-corrected chi connectivity index (χ2v) is 2.62. The largest absolute Gasteiger partial charge is 0.377 e. The second-order valence-electron chi connectivity index (χ2n) is 2.62. The molecule has 1 N–H and O–H groups in total. The molecule has 2 aliphatic heterocycles. The summed E-state index contributed by atoms with van der Waals surface area (Å²) in [5, 5.41) is 3.34. The van der Waals surface area contributed by atoms with Gasteiger partial charge in [0.2, 0.25) is 0 Å². The molecule has 0 amide bonds. The highest BCUT2D eigenvalue weighted by Gasteiger charge is 2.33. The third-order valence-corrected chi connectivity index (χ3v) is 2.06. The lowest BCUT2D eigenvalue weighted by Crippen LogP contribution is -2.51. The monoisotopic (exact) mass is 113 g/mol. The smallest absolute Gasteiger partial charge is 0.0649 e. The minimum absolute atomic E-state index is 0.622. The van der Waals surface area contributed by atoms with E-state index in [9.17, 15) is 0 Å². The van der Waals surface area contributed by atoms with Crippen molar-refractivity contribution in [3.63, 3.8) is 0 Å². The molecule has 0 aromatic rings. The molecule has 0 aromatic carbocycles. The Morgan fingerprint density at radius 3 is 2.88 bits per heavy atom. The molecule has 2 heteroatoms. The van der Waals surface area contributed by atoms with Gasteiger partial charge in [0.1, 0.15) is 0 Å². The lowest BCUT2D eigenvalue weighted by atomic mass is 9.92. The lowest BCUT2D eigenvalue weighted by molar-refractivity contribution is -0.126. The maximum atomic E-state index is 5.29. The number of hydrogen-bond donors (Lipinski definition) is 1. The predicted molar refractivity (Wildman–Crippen MR) is 30.7 cm³/mol. The van der Waals surface area contributed by atoms with Crippen LogP contribution in [0.4, 0.5) is 0 Å². The van der Waals surface area contributed by atoms with Gasteiger partial charge < -0.3 is 10.1 Å². The van der Waals surface area contributed by atoms with Gasteiger partial charge in [-0.05, 0) is 13.0 Å². The van der Waals surface area contributed by atoms with Crippen molar-refractivity contribution >= 4 is 0 Å². The zero-order valence-corrected chi connectivity index (χ0v) is 4.89. The summed E-state index contributed by atoms with van der Waals surface area (Å²) in [6.45, 7) is 3.34. The summed E-state index contributed by atoms with van der Waals surface area (Å²) in [4.78, 5) is 0. The molecule has 0 radical (unpaired) electrons. The molecule has 0 saturated carbocycles. The molecule has 2 atom stereocenters. The standard InChI is InChI=1S/C6H11NO/c1-2-7-3-5-4-8-6(1)5/h5-7H,1-4H2. The number of fused-ring (bicyclic) bond motifs is 1. The molecular formula is C6H11NO. The molecule has 46 valence electrons. The first-order valence-electron chi connectivity index (χ1n) is 3.29. The Kier molecular flexibility index (Phi) is 1.02. The highest BCUT2D eigenvalue weighted by atomic mass is 16.5. The van der Waals surface area contributed by atoms with Gasteiger partial charge in [-0.2, -0.15) is 0 Å². The molecule has 0 spiro atoms. The van der Waals surface area contributed by atoms with Crippen LogP contribution >= 0.6 is 0 Å². The predicted octanol–water partition coefficient (Wildman–Crippen LogP) is -0.00530. The summed E-state index contributed by atoms with van der Waals surface area (Å²) in [7, 11) is 0. The molecular weight excluding hydrogens is 102 g/mol. The zero-order chi connectivity index (χ0) is 5.40. The maximum absolute atomic E-state index is 5.29. The van der Waals surface area contributed by atoms with Gasteiger partial charge >= 0.3 is 0 Å². The van der Waals surface area contributed by atoms with E-state index in [1.165, 1.54) is 13.0 Å². The molecule has 0 aromatic heterocycles. The quantitative estimate of drug-likeness (QED) is 0.477. The molecule has 2 heterocycles. The summed E-state index contributed by atoms with van der Waals surface area (Å²) in [6.07, 6.45) is 1.85. The van der Waals surface area contributed by atoms with E-state index in [0.29, 0.717) is 6.10 Å². The van der Waals surface area contributed by atoms with Crippen LogP contribution in [-0.4, -0.2) is 25.8 Å². The van der Waals surface area contributed by atoms with Gasteiger partial charge in [-0.3, -0.25) is 0 Å². The Morgan fingerprint density at radius 2 is 2.50 bits per heavy atom. The normalized spacial score (nSPS) is 45.0. The van der Waals surface area contributed by atoms with Crippen molar-refractivity contribution in [2.24, 2.45) is 5.92 Å². The Hall–Kier alpha value is -0.0800. The number of ether oxygens (including phenoxy) is 1. The van der Waals surface area contributed by atoms with E-state index in [-0.39, 0.29) is 0 Å². The van der Waals surface area contributed by atoms with Crippen molar-refractivity contribution in [3.05, 3.63) is 0 Å². The average molecular weight is 113 g/mol. The average Bonchev–Trinajstić information content (AvgIpc) is 1.72. The van der Waals surface area contributed by atoms with E-state index in [1.54, 1.807) is 0 Å². The third kappa shape index (κ3) is 0.565. The van der Waals surface area contributed by atoms with E-state index in [0.717, 1.165) is 19.1 Å². The Bertz CT molecular complexity index is 82.5. The van der Waals surface area contributed by atoms with Gasteiger partial charge in [0, 0.05) is 12.5 Å². The van der Waals surface area contributed by atoms with Crippen LogP contribution in [-0.2, 0) is 4.74 Å². The molecule has 8 heavy (non-hydrogen) atoms. The lowest BCUT2D eigenvalue weighted by Gasteiger charge is -2.40. The number of rotatable bonds is 0. The van der Waals surface area contributed by atoms with E-state index < -0.39 is 0 Å². The van der Waals surface area contributed by atoms with Gasteiger partial charge in [-0.15, -0.1) is 0 Å². The van der Waals surface area contributed by atoms with Crippen molar-refractivity contribution in [1.82, 2.24) is 5.32 Å². The summed E-state index contributed by atoms with van der Waals surface area (Å²) in [6, 6.07) is 0. The Balaban J connectivity index is 1.92. The van der Waals surface area contributed by atoms with Gasteiger partial charge in [-0.1, -0.05) is 0 Å². The van der Waals surface area contributed by atoms with Gasteiger partial charge in [0.05, 0.1) is 12.7 Å². The molecule has 2 nitrogen and oxygen atoms in total. The summed E-state index contributed by atoms with van der Waals surface area (Å²) >= 11 is 0. The Labute approximate surface area is 49.2 Å². The fraction of sp³-hybridized carbons (Fsp3) is 1.00. The number of hydrogen-bond acceptors (Lipinski definition) is 2. The fourth-order valence-corrected chi connectivity index (χ4v) is 1.41. The van der Waals surface area contributed by atoms with Crippen molar-refractivity contribution in [2.75, 3.05) is 19.7 Å². The first-order chi connectivity index (χ1) is 3.97. The molecule has 2 saturated heterocycles. The first-order valence-corrected chi connectivity index (χ1v) is 3.29. The van der Waals surface area contributed by atoms with E-state index in [4.69, 9.17) is 4.74 Å². The minimum Gasteiger partial charge on any atom is -0.377 e. The van der Waals surface area contributed by atoms with Crippen molar-refractivity contribution in [2.45, 2.75) is 12.5 Å². The van der Waals surface area contributed by atoms with Crippen LogP contribution in [0.1, 0.15) is 6.42 Å². The fourth-order valence-electron chi connectivity index (χ4n) is 1.41.